The van der Waals surface area contributed by atoms with Gasteiger partial charge >= 0.3 is 0 Å². The monoisotopic (exact) mass is 678 g/mol. The third kappa shape index (κ3) is 8.26. The van der Waals surface area contributed by atoms with E-state index in [9.17, 15) is 16.8 Å². The van der Waals surface area contributed by atoms with E-state index >= 15 is 0 Å². The molecule has 11 nitrogen and oxygen atoms in total. The van der Waals surface area contributed by atoms with E-state index in [0.29, 0.717) is 69.4 Å². The summed E-state index contributed by atoms with van der Waals surface area (Å²) < 4.78 is 66.3. The number of benzene rings is 2. The van der Waals surface area contributed by atoms with Gasteiger partial charge in [-0.1, -0.05) is 24.6 Å². The second kappa shape index (κ2) is 14.5. The number of hydrogen-bond donors (Lipinski definition) is 0. The van der Waals surface area contributed by atoms with Crippen molar-refractivity contribution in [1.29, 1.82) is 0 Å². The molecule has 0 bridgehead atoms. The Balaban J connectivity index is 1.40. The van der Waals surface area contributed by atoms with Gasteiger partial charge in [0, 0.05) is 64.1 Å². The van der Waals surface area contributed by atoms with E-state index < -0.39 is 20.2 Å². The fourth-order valence-electron chi connectivity index (χ4n) is 6.02. The van der Waals surface area contributed by atoms with E-state index in [0.717, 1.165) is 16.8 Å². The number of fused-ring (bicyclic) bond motifs is 1. The van der Waals surface area contributed by atoms with Gasteiger partial charge in [0.15, 0.2) is 0 Å². The van der Waals surface area contributed by atoms with Gasteiger partial charge < -0.3 is 9.32 Å². The molecule has 3 aromatic rings. The highest BCUT2D eigenvalue weighted by atomic mass is 35.5. The summed E-state index contributed by atoms with van der Waals surface area (Å²) in [6.45, 7) is 5.28. The number of oxazole rings is 1. The van der Waals surface area contributed by atoms with Crippen LogP contribution in [0, 0.1) is 5.92 Å². The molecule has 246 valence electrons. The molecule has 1 saturated heterocycles. The number of anilines is 1. The molecule has 45 heavy (non-hydrogen) atoms. The van der Waals surface area contributed by atoms with Gasteiger partial charge in [-0.15, -0.1) is 0 Å². The summed E-state index contributed by atoms with van der Waals surface area (Å²) in [5.74, 6) is 0.326. The zero-order valence-corrected chi connectivity index (χ0v) is 28.6. The lowest BCUT2D eigenvalue weighted by Gasteiger charge is -2.36. The Morgan fingerprint density at radius 3 is 2.24 bits per heavy atom. The number of halogens is 1. The molecule has 0 amide bonds. The van der Waals surface area contributed by atoms with Crippen LogP contribution >= 0.6 is 11.6 Å². The highest BCUT2D eigenvalue weighted by Gasteiger charge is 2.35. The van der Waals surface area contributed by atoms with Gasteiger partial charge in [-0.25, -0.2) is 13.4 Å². The van der Waals surface area contributed by atoms with Crippen LogP contribution in [-0.4, -0.2) is 99.5 Å². The minimum Gasteiger partial charge on any atom is -0.448 e. The second-order valence-corrected chi connectivity index (χ2v) is 16.4. The van der Waals surface area contributed by atoms with Crippen molar-refractivity contribution in [3.63, 3.8) is 0 Å². The fourth-order valence-corrected chi connectivity index (χ4v) is 9.56. The number of nitrogens with zero attached hydrogens (tertiary/aromatic N) is 6. The molecule has 0 spiro atoms. The van der Waals surface area contributed by atoms with Crippen LogP contribution in [0.3, 0.4) is 0 Å². The van der Waals surface area contributed by atoms with E-state index in [1.165, 1.54) is 14.9 Å². The van der Waals surface area contributed by atoms with Crippen LogP contribution in [0.4, 0.5) is 5.69 Å². The van der Waals surface area contributed by atoms with Crippen LogP contribution in [0.5, 0.6) is 0 Å². The maximum absolute atomic E-state index is 14.2. The zero-order chi connectivity index (χ0) is 32.2. The Kier molecular flexibility index (Phi) is 10.9. The van der Waals surface area contributed by atoms with Crippen molar-refractivity contribution in [1.82, 2.24) is 22.8 Å². The van der Waals surface area contributed by atoms with Crippen LogP contribution in [0.2, 0.25) is 5.02 Å². The third-order valence-corrected chi connectivity index (χ3v) is 12.5. The molecule has 5 rings (SSSR count). The first-order chi connectivity index (χ1) is 21.4. The standard InChI is InChI=1S/C31H43ClN6O5S2/c1-25-21-36(44(39,40)30-10-8-29(9-11-30)34(2)3)16-4-14-35(24-31-33-13-19-43-31)15-5-17-37(22-25)45(41,42)38-18-12-26-20-28(32)7-6-27(26)23-38/h6-11,13,19-20,25H,4-5,12,14-18,21-24H2,1-3H3/t25-/m0/s1. The summed E-state index contributed by atoms with van der Waals surface area (Å²) in [5, 5.41) is 0.643. The van der Waals surface area contributed by atoms with Crippen LogP contribution in [0.1, 0.15) is 36.8 Å². The zero-order valence-electron chi connectivity index (χ0n) is 26.2. The predicted octanol–water partition coefficient (Wildman–Crippen LogP) is 3.92. The Morgan fingerprint density at radius 2 is 1.58 bits per heavy atom. The molecule has 0 unspecified atom stereocenters. The number of hydrogen-bond acceptors (Lipinski definition) is 8. The SMILES string of the molecule is C[C@H]1CN(S(=O)(=O)c2ccc(N(C)C)cc2)CCCN(Cc2ncco2)CCCN(S(=O)(=O)N2CCc3cc(Cl)ccc3C2)C1. The van der Waals surface area contributed by atoms with Gasteiger partial charge in [-0.3, -0.25) is 4.90 Å². The average molecular weight is 679 g/mol. The molecule has 3 heterocycles. The predicted molar refractivity (Wildman–Crippen MR) is 176 cm³/mol. The average Bonchev–Trinajstić information content (AvgIpc) is 3.52. The van der Waals surface area contributed by atoms with Crippen molar-refractivity contribution >= 4 is 37.5 Å². The highest BCUT2D eigenvalue weighted by molar-refractivity contribution is 7.89. The molecule has 2 aliphatic rings. The van der Waals surface area contributed by atoms with Crippen LogP contribution < -0.4 is 4.90 Å². The molecule has 1 fully saturated rings. The normalized spacial score (nSPS) is 20.7. The summed E-state index contributed by atoms with van der Waals surface area (Å²) in [4.78, 5) is 8.56. The van der Waals surface area contributed by atoms with Crippen molar-refractivity contribution in [2.45, 2.75) is 44.2 Å². The van der Waals surface area contributed by atoms with Crippen molar-refractivity contribution in [2.75, 3.05) is 64.8 Å². The summed E-state index contributed by atoms with van der Waals surface area (Å²) in [5.41, 5.74) is 2.92. The van der Waals surface area contributed by atoms with E-state index in [-0.39, 0.29) is 30.4 Å². The van der Waals surface area contributed by atoms with E-state index in [1.54, 1.807) is 40.8 Å². The Hall–Kier alpha value is -2.52. The number of aromatic nitrogens is 1. The molecule has 1 aromatic heterocycles. The first kappa shape index (κ1) is 33.8. The lowest BCUT2D eigenvalue weighted by molar-refractivity contribution is 0.201. The smallest absolute Gasteiger partial charge is 0.282 e. The van der Waals surface area contributed by atoms with E-state index in [2.05, 4.69) is 9.88 Å². The second-order valence-electron chi connectivity index (χ2n) is 12.1. The summed E-state index contributed by atoms with van der Waals surface area (Å²) in [6, 6.07) is 12.5. The van der Waals surface area contributed by atoms with Gasteiger partial charge in [-0.05, 0) is 85.8 Å². The van der Waals surface area contributed by atoms with Gasteiger partial charge in [0.25, 0.3) is 10.2 Å². The van der Waals surface area contributed by atoms with Crippen molar-refractivity contribution < 1.29 is 21.3 Å². The van der Waals surface area contributed by atoms with Crippen LogP contribution in [0.25, 0.3) is 0 Å². The van der Waals surface area contributed by atoms with Crippen molar-refractivity contribution in [3.05, 3.63) is 77.0 Å². The molecule has 2 aliphatic heterocycles. The molecule has 14 heteroatoms. The largest absolute Gasteiger partial charge is 0.448 e. The number of sulfonamides is 1. The molecule has 0 radical (unpaired) electrons. The van der Waals surface area contributed by atoms with E-state index in [4.69, 9.17) is 16.0 Å². The molecule has 2 aromatic carbocycles. The topological polar surface area (TPSA) is 111 Å². The van der Waals surface area contributed by atoms with E-state index in [1.807, 2.05) is 38.1 Å². The summed E-state index contributed by atoms with van der Waals surface area (Å²) in [7, 11) is -3.85. The maximum atomic E-state index is 14.2. The molecule has 0 aliphatic carbocycles. The fraction of sp³-hybridized carbons (Fsp3) is 0.516. The van der Waals surface area contributed by atoms with Crippen molar-refractivity contribution in [2.24, 2.45) is 5.92 Å². The summed E-state index contributed by atoms with van der Waals surface area (Å²) >= 11 is 6.18. The minimum absolute atomic E-state index is 0.199. The van der Waals surface area contributed by atoms with Gasteiger partial charge in [0.05, 0.1) is 17.6 Å². The van der Waals surface area contributed by atoms with Gasteiger partial charge in [0.2, 0.25) is 15.9 Å². The Labute approximate surface area is 272 Å². The first-order valence-corrected chi connectivity index (χ1v) is 18.6. The number of rotatable bonds is 7. The quantitative estimate of drug-likeness (QED) is 0.370. The van der Waals surface area contributed by atoms with Crippen molar-refractivity contribution in [3.8, 4) is 0 Å². The van der Waals surface area contributed by atoms with Crippen LogP contribution in [-0.2, 0) is 39.7 Å². The molecule has 0 N–H and O–H groups in total. The summed E-state index contributed by atoms with van der Waals surface area (Å²) in [6.07, 6.45) is 4.94. The minimum atomic E-state index is -3.83. The maximum Gasteiger partial charge on any atom is 0.282 e. The third-order valence-electron chi connectivity index (χ3n) is 8.43. The van der Waals surface area contributed by atoms with Gasteiger partial charge in [0.1, 0.15) is 6.26 Å². The van der Waals surface area contributed by atoms with Crippen LogP contribution in [0.15, 0.2) is 64.2 Å². The molecular formula is C31H43ClN6O5S2. The lowest BCUT2D eigenvalue weighted by atomic mass is 10.0. The lowest BCUT2D eigenvalue weighted by Crippen LogP contribution is -2.49. The molecule has 1 atom stereocenters. The molecular weight excluding hydrogens is 636 g/mol. The van der Waals surface area contributed by atoms with Gasteiger partial charge in [-0.2, -0.15) is 21.3 Å². The molecule has 0 saturated carbocycles. The Morgan fingerprint density at radius 1 is 0.889 bits per heavy atom. The first-order valence-electron chi connectivity index (χ1n) is 15.3. The highest BCUT2D eigenvalue weighted by Crippen LogP contribution is 2.27. The Bertz CT molecular complexity index is 1630.